The number of hydrazine groups is 1. The molecule has 2 rings (SSSR count). The van der Waals surface area contributed by atoms with Gasteiger partial charge in [0, 0.05) is 30.1 Å². The molecule has 0 aliphatic carbocycles. The summed E-state index contributed by atoms with van der Waals surface area (Å²) in [6.45, 7) is 2.91. The van der Waals surface area contributed by atoms with Crippen molar-refractivity contribution in [1.82, 2.24) is 15.0 Å². The largest absolute Gasteiger partial charge is 0.369 e. The number of nitrogens with one attached hydrogen (secondary N) is 2. The Bertz CT molecular complexity index is 499. The van der Waals surface area contributed by atoms with Crippen LogP contribution in [0.4, 0.5) is 11.6 Å². The van der Waals surface area contributed by atoms with E-state index in [0.717, 1.165) is 42.2 Å². The maximum Gasteiger partial charge on any atom is 0.148 e. The lowest BCUT2D eigenvalue weighted by atomic mass is 10.1. The van der Waals surface area contributed by atoms with Crippen LogP contribution in [0.3, 0.4) is 0 Å². The molecule has 0 amide bonds. The highest BCUT2D eigenvalue weighted by atomic mass is 32.1. The van der Waals surface area contributed by atoms with Crippen LogP contribution in [0.25, 0.3) is 0 Å². The minimum Gasteiger partial charge on any atom is -0.369 e. The summed E-state index contributed by atoms with van der Waals surface area (Å²) in [5.41, 5.74) is 3.66. The van der Waals surface area contributed by atoms with E-state index in [1.807, 2.05) is 11.6 Å². The van der Waals surface area contributed by atoms with Gasteiger partial charge in [-0.2, -0.15) is 0 Å². The normalized spacial score (nSPS) is 10.4. The van der Waals surface area contributed by atoms with Crippen LogP contribution in [0.15, 0.2) is 17.9 Å². The van der Waals surface area contributed by atoms with Gasteiger partial charge in [0.15, 0.2) is 0 Å². The quantitative estimate of drug-likeness (QED) is 0.529. The second kappa shape index (κ2) is 7.01. The molecular formula is C12H18N6S. The number of nitrogens with zero attached hydrogens (tertiary/aromatic N) is 3. The predicted octanol–water partition coefficient (Wildman–Crippen LogP) is 1.83. The van der Waals surface area contributed by atoms with E-state index in [1.54, 1.807) is 11.3 Å². The molecule has 0 aliphatic rings. The summed E-state index contributed by atoms with van der Waals surface area (Å²) < 4.78 is 0. The Kier molecular flexibility index (Phi) is 5.05. The topological polar surface area (TPSA) is 88.8 Å². The van der Waals surface area contributed by atoms with Gasteiger partial charge in [0.25, 0.3) is 0 Å². The van der Waals surface area contributed by atoms with Crippen molar-refractivity contribution in [1.29, 1.82) is 0 Å². The molecule has 19 heavy (non-hydrogen) atoms. The highest BCUT2D eigenvalue weighted by Crippen LogP contribution is 2.20. The van der Waals surface area contributed by atoms with Gasteiger partial charge >= 0.3 is 0 Å². The first-order valence-corrected chi connectivity index (χ1v) is 7.15. The van der Waals surface area contributed by atoms with Crippen molar-refractivity contribution in [2.24, 2.45) is 5.84 Å². The monoisotopic (exact) mass is 278 g/mol. The van der Waals surface area contributed by atoms with Gasteiger partial charge in [0.05, 0.1) is 5.01 Å². The summed E-state index contributed by atoms with van der Waals surface area (Å²) in [7, 11) is 0. The zero-order valence-electron chi connectivity index (χ0n) is 10.9. The molecule has 2 aromatic rings. The van der Waals surface area contributed by atoms with E-state index in [-0.39, 0.29) is 0 Å². The van der Waals surface area contributed by atoms with Crippen LogP contribution in [0.1, 0.15) is 23.9 Å². The lowest BCUT2D eigenvalue weighted by Gasteiger charge is -2.12. The molecule has 2 heterocycles. The first-order chi connectivity index (χ1) is 9.35. The van der Waals surface area contributed by atoms with Gasteiger partial charge in [-0.15, -0.1) is 11.3 Å². The molecule has 2 aromatic heterocycles. The first kappa shape index (κ1) is 13.7. The number of anilines is 2. The average molecular weight is 278 g/mol. The Morgan fingerprint density at radius 1 is 1.21 bits per heavy atom. The fraction of sp³-hybridized carbons (Fsp3) is 0.417. The Morgan fingerprint density at radius 2 is 2.05 bits per heavy atom. The lowest BCUT2D eigenvalue weighted by Crippen LogP contribution is -2.15. The summed E-state index contributed by atoms with van der Waals surface area (Å²) in [6, 6.07) is 0. The summed E-state index contributed by atoms with van der Waals surface area (Å²) >= 11 is 1.66. The van der Waals surface area contributed by atoms with Crippen molar-refractivity contribution < 1.29 is 0 Å². The van der Waals surface area contributed by atoms with E-state index >= 15 is 0 Å². The van der Waals surface area contributed by atoms with E-state index in [4.69, 9.17) is 5.84 Å². The molecular weight excluding hydrogens is 260 g/mol. The molecule has 7 heteroatoms. The van der Waals surface area contributed by atoms with Gasteiger partial charge in [-0.25, -0.2) is 20.8 Å². The molecule has 0 unspecified atom stereocenters. The van der Waals surface area contributed by atoms with Gasteiger partial charge in [-0.3, -0.25) is 0 Å². The van der Waals surface area contributed by atoms with Crippen LogP contribution < -0.4 is 16.6 Å². The number of aromatic nitrogens is 3. The van der Waals surface area contributed by atoms with Crippen molar-refractivity contribution in [2.45, 2.75) is 26.2 Å². The van der Waals surface area contributed by atoms with Gasteiger partial charge in [-0.05, 0) is 6.42 Å². The number of nitrogens with two attached hydrogens (primary N) is 1. The molecule has 0 saturated heterocycles. The van der Waals surface area contributed by atoms with Gasteiger partial charge in [-0.1, -0.05) is 13.3 Å². The Balaban J connectivity index is 2.02. The molecule has 0 fully saturated rings. The van der Waals surface area contributed by atoms with Crippen LogP contribution in [0, 0.1) is 0 Å². The molecule has 0 aliphatic heterocycles. The molecule has 0 spiro atoms. The smallest absolute Gasteiger partial charge is 0.148 e. The Labute approximate surface area is 116 Å². The lowest BCUT2D eigenvalue weighted by molar-refractivity contribution is 0.892. The number of rotatable bonds is 7. The molecule has 0 aromatic carbocycles. The maximum atomic E-state index is 5.48. The Hall–Kier alpha value is -1.73. The van der Waals surface area contributed by atoms with Crippen molar-refractivity contribution >= 4 is 23.0 Å². The van der Waals surface area contributed by atoms with Crippen molar-refractivity contribution in [3.63, 3.8) is 0 Å². The molecule has 6 nitrogen and oxygen atoms in total. The predicted molar refractivity (Wildman–Crippen MR) is 78.1 cm³/mol. The average Bonchev–Trinajstić information content (AvgIpc) is 2.94. The minimum absolute atomic E-state index is 0.689. The third-order valence-corrected chi connectivity index (χ3v) is 3.54. The number of nitrogen functional groups attached to an aromatic ring is 1. The zero-order chi connectivity index (χ0) is 13.5. The van der Waals surface area contributed by atoms with E-state index in [9.17, 15) is 0 Å². The number of hydrogen-bond acceptors (Lipinski definition) is 7. The molecule has 0 radical (unpaired) electrons. The fourth-order valence-corrected chi connectivity index (χ4v) is 2.46. The number of thiazole rings is 1. The summed E-state index contributed by atoms with van der Waals surface area (Å²) in [5.74, 6) is 7.02. The fourth-order valence-electron chi connectivity index (χ4n) is 1.84. The molecule has 0 bridgehead atoms. The van der Waals surface area contributed by atoms with Gasteiger partial charge in [0.1, 0.15) is 18.0 Å². The van der Waals surface area contributed by atoms with Crippen LogP contribution >= 0.6 is 11.3 Å². The van der Waals surface area contributed by atoms with Gasteiger partial charge in [0.2, 0.25) is 0 Å². The van der Waals surface area contributed by atoms with Crippen LogP contribution in [0.5, 0.6) is 0 Å². The van der Waals surface area contributed by atoms with E-state index < -0.39 is 0 Å². The van der Waals surface area contributed by atoms with Crippen LogP contribution in [-0.2, 0) is 12.8 Å². The van der Waals surface area contributed by atoms with E-state index in [0.29, 0.717) is 5.82 Å². The minimum atomic E-state index is 0.689. The second-order valence-electron chi connectivity index (χ2n) is 4.05. The first-order valence-electron chi connectivity index (χ1n) is 6.28. The highest BCUT2D eigenvalue weighted by molar-refractivity contribution is 7.09. The third-order valence-electron chi connectivity index (χ3n) is 2.70. The van der Waals surface area contributed by atoms with E-state index in [2.05, 4.69) is 32.6 Å². The SMILES string of the molecule is CCCc1c(NN)ncnc1NCCc1nccs1. The summed E-state index contributed by atoms with van der Waals surface area (Å²) in [4.78, 5) is 12.7. The maximum absolute atomic E-state index is 5.48. The van der Waals surface area contributed by atoms with E-state index in [1.165, 1.54) is 6.33 Å². The summed E-state index contributed by atoms with van der Waals surface area (Å²) in [5, 5.41) is 6.44. The summed E-state index contributed by atoms with van der Waals surface area (Å²) in [6.07, 6.45) is 6.13. The molecule has 4 N–H and O–H groups in total. The third kappa shape index (κ3) is 3.62. The van der Waals surface area contributed by atoms with Crippen molar-refractivity contribution in [2.75, 3.05) is 17.3 Å². The standard InChI is InChI=1S/C12H18N6S/c1-2-3-9-11(16-8-17-12(9)18-13)15-5-4-10-14-6-7-19-10/h6-8H,2-5,13H2,1H3,(H2,15,16,17,18). The zero-order valence-corrected chi connectivity index (χ0v) is 11.7. The van der Waals surface area contributed by atoms with Crippen LogP contribution in [0.2, 0.25) is 0 Å². The molecule has 0 atom stereocenters. The second-order valence-corrected chi connectivity index (χ2v) is 5.03. The Morgan fingerprint density at radius 3 is 2.74 bits per heavy atom. The van der Waals surface area contributed by atoms with Crippen LogP contribution in [-0.4, -0.2) is 21.5 Å². The van der Waals surface area contributed by atoms with Gasteiger partial charge < -0.3 is 10.7 Å². The molecule has 102 valence electrons. The number of hydrogen-bond donors (Lipinski definition) is 3. The van der Waals surface area contributed by atoms with Crippen molar-refractivity contribution in [3.8, 4) is 0 Å². The molecule has 0 saturated carbocycles. The highest BCUT2D eigenvalue weighted by Gasteiger charge is 2.09. The van der Waals surface area contributed by atoms with Crippen molar-refractivity contribution in [3.05, 3.63) is 28.5 Å².